The predicted molar refractivity (Wildman–Crippen MR) is 72.2 cm³/mol. The molecule has 0 saturated heterocycles. The largest absolute Gasteiger partial charge is 0.475 e. The molecule has 0 fully saturated rings. The fraction of sp³-hybridized carbons (Fsp3) is 0.267. The van der Waals surface area contributed by atoms with Gasteiger partial charge in [0.25, 0.3) is 0 Å². The molecule has 1 heterocycles. The highest BCUT2D eigenvalue weighted by molar-refractivity contribution is 5.91. The molecular weight excluding hydrogens is 242 g/mol. The summed E-state index contributed by atoms with van der Waals surface area (Å²) >= 11 is 0. The minimum Gasteiger partial charge on any atom is -0.475 e. The number of rotatable bonds is 4. The minimum absolute atomic E-state index is 0.0138. The number of carboxylic acids is 1. The molecule has 0 amide bonds. The quantitative estimate of drug-likeness (QED) is 0.827. The molecule has 1 aromatic heterocycles. The molecule has 0 spiro atoms. The van der Waals surface area contributed by atoms with Crippen molar-refractivity contribution in [3.63, 3.8) is 0 Å². The molecule has 98 valence electrons. The molecule has 19 heavy (non-hydrogen) atoms. The van der Waals surface area contributed by atoms with Gasteiger partial charge in [0, 0.05) is 18.0 Å². The smallest absolute Gasteiger partial charge is 0.371 e. The highest BCUT2D eigenvalue weighted by atomic mass is 16.4. The summed E-state index contributed by atoms with van der Waals surface area (Å²) in [5.41, 5.74) is 1.75. The maximum atomic E-state index is 10.8. The molecule has 2 N–H and O–H groups in total. The van der Waals surface area contributed by atoms with Crippen LogP contribution in [0, 0.1) is 0 Å². The van der Waals surface area contributed by atoms with Crippen LogP contribution in [0.4, 0.5) is 0 Å². The van der Waals surface area contributed by atoms with Gasteiger partial charge in [-0.1, -0.05) is 18.2 Å². The first kappa shape index (κ1) is 12.0. The van der Waals surface area contributed by atoms with E-state index >= 15 is 0 Å². The number of furan rings is 1. The van der Waals surface area contributed by atoms with E-state index in [1.54, 1.807) is 6.07 Å². The molecule has 0 atom stereocenters. The third kappa shape index (κ3) is 2.53. The summed E-state index contributed by atoms with van der Waals surface area (Å²) in [6, 6.07) is 7.85. The third-order valence-corrected chi connectivity index (χ3v) is 3.39. The van der Waals surface area contributed by atoms with Gasteiger partial charge in [0.05, 0.1) is 0 Å². The Morgan fingerprint density at radius 2 is 2.11 bits per heavy atom. The van der Waals surface area contributed by atoms with Crippen molar-refractivity contribution in [3.8, 4) is 0 Å². The second-order valence-electron chi connectivity index (χ2n) is 4.81. The van der Waals surface area contributed by atoms with Gasteiger partial charge >= 0.3 is 5.97 Å². The molecular formula is C15H15NO3. The van der Waals surface area contributed by atoms with Gasteiger partial charge in [-0.05, 0) is 36.6 Å². The Bertz CT molecular complexity index is 634. The Kier molecular flexibility index (Phi) is 3.09. The van der Waals surface area contributed by atoms with Crippen molar-refractivity contribution in [2.45, 2.75) is 25.4 Å². The molecule has 4 heteroatoms. The van der Waals surface area contributed by atoms with E-state index in [1.807, 2.05) is 18.2 Å². The molecule has 0 saturated carbocycles. The summed E-state index contributed by atoms with van der Waals surface area (Å²) in [4.78, 5) is 10.8. The number of fused-ring (bicyclic) bond motifs is 1. The molecule has 4 nitrogen and oxygen atoms in total. The lowest BCUT2D eigenvalue weighted by molar-refractivity contribution is 0.0665. The van der Waals surface area contributed by atoms with Crippen molar-refractivity contribution >= 4 is 16.9 Å². The zero-order valence-corrected chi connectivity index (χ0v) is 10.4. The normalized spacial score (nSPS) is 15.4. The van der Waals surface area contributed by atoms with E-state index in [9.17, 15) is 4.79 Å². The maximum Gasteiger partial charge on any atom is 0.371 e. The van der Waals surface area contributed by atoms with Crippen molar-refractivity contribution in [2.75, 3.05) is 0 Å². The van der Waals surface area contributed by atoms with Gasteiger partial charge in [-0.15, -0.1) is 0 Å². The Hall–Kier alpha value is -2.07. The molecule has 0 aliphatic heterocycles. The lowest BCUT2D eigenvalue weighted by Gasteiger charge is -2.11. The summed E-state index contributed by atoms with van der Waals surface area (Å²) in [5, 5.41) is 13.2. The van der Waals surface area contributed by atoms with Gasteiger partial charge in [0.15, 0.2) is 0 Å². The van der Waals surface area contributed by atoms with E-state index in [4.69, 9.17) is 9.52 Å². The molecule has 0 radical (unpaired) electrons. The molecule has 3 rings (SSSR count). The second kappa shape index (κ2) is 4.90. The fourth-order valence-corrected chi connectivity index (χ4v) is 2.35. The first-order valence-corrected chi connectivity index (χ1v) is 6.36. The maximum absolute atomic E-state index is 10.8. The third-order valence-electron chi connectivity index (χ3n) is 3.39. The summed E-state index contributed by atoms with van der Waals surface area (Å²) in [6.45, 7) is 0.788. The minimum atomic E-state index is -1.03. The number of nitrogens with one attached hydrogen (secondary N) is 1. The summed E-state index contributed by atoms with van der Waals surface area (Å²) in [7, 11) is 0. The van der Waals surface area contributed by atoms with E-state index in [0.717, 1.165) is 30.3 Å². The van der Waals surface area contributed by atoms with Crippen LogP contribution in [0.25, 0.3) is 11.0 Å². The average Bonchev–Trinajstić information content (AvgIpc) is 3.04. The van der Waals surface area contributed by atoms with Crippen LogP contribution in [0.1, 0.15) is 29.0 Å². The van der Waals surface area contributed by atoms with E-state index < -0.39 is 5.97 Å². The number of hydrogen-bond donors (Lipinski definition) is 2. The topological polar surface area (TPSA) is 62.5 Å². The predicted octanol–water partition coefficient (Wildman–Crippen LogP) is 2.94. The van der Waals surface area contributed by atoms with E-state index in [2.05, 4.69) is 17.5 Å². The lowest BCUT2D eigenvalue weighted by Crippen LogP contribution is -2.25. The zero-order chi connectivity index (χ0) is 13.2. The first-order chi connectivity index (χ1) is 9.22. The number of carboxylic acid groups (broad SMARTS) is 1. The standard InChI is InChI=1S/C15H15NO3/c17-15(18)14-8-11-7-10(5-6-13(11)19-14)9-16-12-3-1-2-4-12/h1-2,5-8,12,16H,3-4,9H2,(H,17,18). The average molecular weight is 257 g/mol. The molecule has 0 bridgehead atoms. The molecule has 1 aliphatic carbocycles. The second-order valence-corrected chi connectivity index (χ2v) is 4.81. The summed E-state index contributed by atoms with van der Waals surface area (Å²) in [6.07, 6.45) is 6.54. The van der Waals surface area contributed by atoms with Crippen molar-refractivity contribution in [1.82, 2.24) is 5.32 Å². The van der Waals surface area contributed by atoms with Crippen LogP contribution in [0.15, 0.2) is 40.8 Å². The first-order valence-electron chi connectivity index (χ1n) is 6.36. The van der Waals surface area contributed by atoms with E-state index in [0.29, 0.717) is 11.6 Å². The Morgan fingerprint density at radius 1 is 1.32 bits per heavy atom. The van der Waals surface area contributed by atoms with Crippen LogP contribution >= 0.6 is 0 Å². The van der Waals surface area contributed by atoms with E-state index in [-0.39, 0.29) is 5.76 Å². The summed E-state index contributed by atoms with van der Waals surface area (Å²) in [5.74, 6) is -1.05. The molecule has 1 aliphatic rings. The van der Waals surface area contributed by atoms with Crippen LogP contribution < -0.4 is 5.32 Å². The highest BCUT2D eigenvalue weighted by Gasteiger charge is 2.12. The Labute approximate surface area is 110 Å². The van der Waals surface area contributed by atoms with Crippen molar-refractivity contribution in [3.05, 3.63) is 47.7 Å². The monoisotopic (exact) mass is 257 g/mol. The van der Waals surface area contributed by atoms with Gasteiger partial charge in [-0.2, -0.15) is 0 Å². The van der Waals surface area contributed by atoms with E-state index in [1.165, 1.54) is 0 Å². The number of hydrogen-bond acceptors (Lipinski definition) is 3. The molecule has 2 aromatic rings. The summed E-state index contributed by atoms with van der Waals surface area (Å²) < 4.78 is 5.23. The number of aromatic carboxylic acids is 1. The lowest BCUT2D eigenvalue weighted by atomic mass is 10.1. The fourth-order valence-electron chi connectivity index (χ4n) is 2.35. The zero-order valence-electron chi connectivity index (χ0n) is 10.4. The molecule has 0 unspecified atom stereocenters. The molecule has 1 aromatic carbocycles. The van der Waals surface area contributed by atoms with Crippen LogP contribution in [-0.2, 0) is 6.54 Å². The SMILES string of the molecule is O=C(O)c1cc2cc(CNC3CC=CC3)ccc2o1. The van der Waals surface area contributed by atoms with Crippen molar-refractivity contribution in [2.24, 2.45) is 0 Å². The number of carbonyl (C=O) groups is 1. The highest BCUT2D eigenvalue weighted by Crippen LogP contribution is 2.21. The van der Waals surface area contributed by atoms with Gasteiger partial charge in [-0.25, -0.2) is 4.79 Å². The Balaban J connectivity index is 1.75. The number of benzene rings is 1. The van der Waals surface area contributed by atoms with Gasteiger partial charge < -0.3 is 14.8 Å². The van der Waals surface area contributed by atoms with Crippen LogP contribution in [0.5, 0.6) is 0 Å². The van der Waals surface area contributed by atoms with Crippen LogP contribution in [-0.4, -0.2) is 17.1 Å². The Morgan fingerprint density at radius 3 is 2.84 bits per heavy atom. The van der Waals surface area contributed by atoms with Crippen LogP contribution in [0.2, 0.25) is 0 Å². The van der Waals surface area contributed by atoms with Crippen molar-refractivity contribution in [1.29, 1.82) is 0 Å². The van der Waals surface area contributed by atoms with Gasteiger partial charge in [0.1, 0.15) is 5.58 Å². The van der Waals surface area contributed by atoms with Gasteiger partial charge in [0.2, 0.25) is 5.76 Å². The van der Waals surface area contributed by atoms with Crippen molar-refractivity contribution < 1.29 is 14.3 Å². The van der Waals surface area contributed by atoms with Crippen LogP contribution in [0.3, 0.4) is 0 Å². The van der Waals surface area contributed by atoms with Gasteiger partial charge in [-0.3, -0.25) is 0 Å².